The maximum Gasteiger partial charge on any atom is 0.319 e. The molecule has 19 heavy (non-hydrogen) atoms. The Morgan fingerprint density at radius 1 is 1.37 bits per heavy atom. The molecular formula is C13H16N4O2. The summed E-state index contributed by atoms with van der Waals surface area (Å²) in [7, 11) is 0. The van der Waals surface area contributed by atoms with E-state index in [0.29, 0.717) is 5.69 Å². The summed E-state index contributed by atoms with van der Waals surface area (Å²) in [6, 6.07) is 8.65. The number of urea groups is 1. The van der Waals surface area contributed by atoms with Gasteiger partial charge in [-0.1, -0.05) is 12.1 Å². The van der Waals surface area contributed by atoms with Crippen molar-refractivity contribution in [2.24, 2.45) is 0 Å². The molecule has 0 fully saturated rings. The first-order valence-electron chi connectivity index (χ1n) is 5.97. The molecule has 6 nitrogen and oxygen atoms in total. The normalized spacial score (nSPS) is 11.9. The average Bonchev–Trinajstić information content (AvgIpc) is 2.93. The van der Waals surface area contributed by atoms with Gasteiger partial charge < -0.3 is 15.7 Å². The van der Waals surface area contributed by atoms with Gasteiger partial charge in [0.25, 0.3) is 0 Å². The van der Waals surface area contributed by atoms with Gasteiger partial charge in [-0.05, 0) is 30.7 Å². The van der Waals surface area contributed by atoms with Crippen LogP contribution in [0.25, 0.3) is 11.3 Å². The predicted molar refractivity (Wildman–Crippen MR) is 72.7 cm³/mol. The number of rotatable bonds is 4. The quantitative estimate of drug-likeness (QED) is 0.672. The molecule has 2 aromatic rings. The molecule has 0 aliphatic heterocycles. The number of anilines is 1. The number of hydrogen-bond acceptors (Lipinski definition) is 3. The minimum absolute atomic E-state index is 0.0911. The highest BCUT2D eigenvalue weighted by Crippen LogP contribution is 2.18. The summed E-state index contributed by atoms with van der Waals surface area (Å²) < 4.78 is 0. The second kappa shape index (κ2) is 6.01. The molecule has 0 saturated heterocycles. The van der Waals surface area contributed by atoms with Gasteiger partial charge >= 0.3 is 6.03 Å². The van der Waals surface area contributed by atoms with Crippen LogP contribution in [0.2, 0.25) is 0 Å². The molecule has 2 amide bonds. The number of amides is 2. The van der Waals surface area contributed by atoms with Crippen molar-refractivity contribution in [3.8, 4) is 11.3 Å². The van der Waals surface area contributed by atoms with E-state index in [9.17, 15) is 4.79 Å². The fourth-order valence-electron chi connectivity index (χ4n) is 1.59. The topological polar surface area (TPSA) is 90.0 Å². The fraction of sp³-hybridized carbons (Fsp3) is 0.231. The monoisotopic (exact) mass is 260 g/mol. The minimum Gasteiger partial charge on any atom is -0.394 e. The van der Waals surface area contributed by atoms with Crippen LogP contribution in [0, 0.1) is 0 Å². The second-order valence-corrected chi connectivity index (χ2v) is 4.23. The van der Waals surface area contributed by atoms with Gasteiger partial charge in [-0.3, -0.25) is 5.10 Å². The SMILES string of the molecule is C[C@@H](CO)NC(=O)Nc1ccc(-c2ccn[nH]2)cc1. The van der Waals surface area contributed by atoms with E-state index in [1.165, 1.54) is 0 Å². The molecule has 0 aliphatic carbocycles. The van der Waals surface area contributed by atoms with Crippen molar-refractivity contribution >= 4 is 11.7 Å². The molecule has 0 spiro atoms. The van der Waals surface area contributed by atoms with Crippen molar-refractivity contribution < 1.29 is 9.90 Å². The number of aromatic amines is 1. The fourth-order valence-corrected chi connectivity index (χ4v) is 1.59. The van der Waals surface area contributed by atoms with Gasteiger partial charge in [0, 0.05) is 11.9 Å². The van der Waals surface area contributed by atoms with E-state index in [2.05, 4.69) is 20.8 Å². The van der Waals surface area contributed by atoms with E-state index < -0.39 is 0 Å². The van der Waals surface area contributed by atoms with Gasteiger partial charge in [-0.15, -0.1) is 0 Å². The van der Waals surface area contributed by atoms with Gasteiger partial charge in [0.15, 0.2) is 0 Å². The van der Waals surface area contributed by atoms with Crippen molar-refractivity contribution in [1.29, 1.82) is 0 Å². The van der Waals surface area contributed by atoms with Crippen LogP contribution in [0.1, 0.15) is 6.92 Å². The Bertz CT molecular complexity index is 522. The van der Waals surface area contributed by atoms with Crippen molar-refractivity contribution in [2.75, 3.05) is 11.9 Å². The molecule has 1 heterocycles. The number of H-pyrrole nitrogens is 1. The lowest BCUT2D eigenvalue weighted by Crippen LogP contribution is -2.38. The highest BCUT2D eigenvalue weighted by atomic mass is 16.3. The lowest BCUT2D eigenvalue weighted by molar-refractivity contribution is 0.229. The summed E-state index contributed by atoms with van der Waals surface area (Å²) in [6.45, 7) is 1.63. The molecule has 0 saturated carbocycles. The van der Waals surface area contributed by atoms with E-state index in [0.717, 1.165) is 11.3 Å². The van der Waals surface area contributed by atoms with E-state index in [1.807, 2.05) is 18.2 Å². The Morgan fingerprint density at radius 3 is 2.68 bits per heavy atom. The molecule has 0 aliphatic rings. The summed E-state index contributed by atoms with van der Waals surface area (Å²) in [5.74, 6) is 0. The predicted octanol–water partition coefficient (Wildman–Crippen LogP) is 1.58. The number of carbonyl (C=O) groups is 1. The molecular weight excluding hydrogens is 244 g/mol. The number of benzene rings is 1. The molecule has 1 atom stereocenters. The zero-order valence-corrected chi connectivity index (χ0v) is 10.6. The van der Waals surface area contributed by atoms with Crippen LogP contribution in [-0.2, 0) is 0 Å². The number of nitrogens with one attached hydrogen (secondary N) is 3. The molecule has 4 N–H and O–H groups in total. The van der Waals surface area contributed by atoms with E-state index in [-0.39, 0.29) is 18.7 Å². The van der Waals surface area contributed by atoms with E-state index in [4.69, 9.17) is 5.11 Å². The third-order valence-electron chi connectivity index (χ3n) is 2.61. The van der Waals surface area contributed by atoms with Crippen molar-refractivity contribution in [3.05, 3.63) is 36.5 Å². The lowest BCUT2D eigenvalue weighted by Gasteiger charge is -2.12. The van der Waals surface area contributed by atoms with Gasteiger partial charge in [0.05, 0.1) is 18.3 Å². The summed E-state index contributed by atoms with van der Waals surface area (Å²) in [4.78, 5) is 11.5. The van der Waals surface area contributed by atoms with E-state index >= 15 is 0 Å². The third-order valence-corrected chi connectivity index (χ3v) is 2.61. The van der Waals surface area contributed by atoms with Crippen LogP contribution in [0.15, 0.2) is 36.5 Å². The molecule has 0 radical (unpaired) electrons. The smallest absolute Gasteiger partial charge is 0.319 e. The van der Waals surface area contributed by atoms with Crippen LogP contribution in [0.3, 0.4) is 0 Å². The number of aliphatic hydroxyl groups is 1. The number of hydrogen-bond donors (Lipinski definition) is 4. The van der Waals surface area contributed by atoms with Gasteiger partial charge in [0.2, 0.25) is 0 Å². The first kappa shape index (κ1) is 13.1. The van der Waals surface area contributed by atoms with Crippen molar-refractivity contribution in [2.45, 2.75) is 13.0 Å². The van der Waals surface area contributed by atoms with Crippen LogP contribution in [-0.4, -0.2) is 34.0 Å². The number of aromatic nitrogens is 2. The maximum absolute atomic E-state index is 11.5. The molecule has 6 heteroatoms. The van der Waals surface area contributed by atoms with Crippen molar-refractivity contribution in [3.63, 3.8) is 0 Å². The number of nitrogens with zero attached hydrogens (tertiary/aromatic N) is 1. The summed E-state index contributed by atoms with van der Waals surface area (Å²) in [5, 5.41) is 20.9. The van der Waals surface area contributed by atoms with Gasteiger partial charge in [0.1, 0.15) is 0 Å². The second-order valence-electron chi connectivity index (χ2n) is 4.23. The Balaban J connectivity index is 1.97. The first-order valence-corrected chi connectivity index (χ1v) is 5.97. The highest BCUT2D eigenvalue weighted by Gasteiger charge is 2.06. The van der Waals surface area contributed by atoms with Crippen LogP contribution < -0.4 is 10.6 Å². The van der Waals surface area contributed by atoms with Crippen molar-refractivity contribution in [1.82, 2.24) is 15.5 Å². The zero-order chi connectivity index (χ0) is 13.7. The third kappa shape index (κ3) is 3.56. The number of aliphatic hydroxyl groups excluding tert-OH is 1. The number of carbonyl (C=O) groups excluding carboxylic acids is 1. The highest BCUT2D eigenvalue weighted by molar-refractivity contribution is 5.89. The van der Waals surface area contributed by atoms with Crippen LogP contribution in [0.5, 0.6) is 0 Å². The molecule has 100 valence electrons. The first-order chi connectivity index (χ1) is 9.19. The van der Waals surface area contributed by atoms with Crippen LogP contribution in [0.4, 0.5) is 10.5 Å². The molecule has 1 aromatic heterocycles. The van der Waals surface area contributed by atoms with E-state index in [1.54, 1.807) is 25.3 Å². The average molecular weight is 260 g/mol. The largest absolute Gasteiger partial charge is 0.394 e. The Labute approximate surface area is 110 Å². The Kier molecular flexibility index (Phi) is 4.15. The zero-order valence-electron chi connectivity index (χ0n) is 10.6. The molecule has 0 bridgehead atoms. The van der Waals surface area contributed by atoms with Crippen LogP contribution >= 0.6 is 0 Å². The Hall–Kier alpha value is -2.34. The Morgan fingerprint density at radius 2 is 2.11 bits per heavy atom. The maximum atomic E-state index is 11.5. The summed E-state index contributed by atoms with van der Waals surface area (Å²) in [6.07, 6.45) is 1.69. The molecule has 2 rings (SSSR count). The van der Waals surface area contributed by atoms with Gasteiger partial charge in [-0.2, -0.15) is 5.10 Å². The van der Waals surface area contributed by atoms with Gasteiger partial charge in [-0.25, -0.2) is 4.79 Å². The lowest BCUT2D eigenvalue weighted by atomic mass is 10.1. The summed E-state index contributed by atoms with van der Waals surface area (Å²) >= 11 is 0. The molecule has 0 unspecified atom stereocenters. The standard InChI is InChI=1S/C13H16N4O2/c1-9(8-18)15-13(19)16-11-4-2-10(3-5-11)12-6-7-14-17-12/h2-7,9,18H,8H2,1H3,(H,14,17)(H2,15,16,19)/t9-/m0/s1. The summed E-state index contributed by atoms with van der Waals surface area (Å²) in [5.41, 5.74) is 2.60. The minimum atomic E-state index is -0.337. The molecule has 1 aromatic carbocycles.